The number of imide groups is 1. The highest BCUT2D eigenvalue weighted by Gasteiger charge is 2.39. The van der Waals surface area contributed by atoms with Crippen LogP contribution in [0.4, 0.5) is 8.78 Å². The van der Waals surface area contributed by atoms with Crippen molar-refractivity contribution in [2.24, 2.45) is 23.0 Å². The van der Waals surface area contributed by atoms with E-state index < -0.39 is 95.3 Å². The van der Waals surface area contributed by atoms with Crippen molar-refractivity contribution in [1.29, 1.82) is 0 Å². The fourth-order valence-corrected chi connectivity index (χ4v) is 9.89. The molecule has 3 aromatic rings. The smallest absolute Gasteiger partial charge is 0.326 e. The number of unbranched alkanes of at least 4 members (excludes halogenated alkanes) is 3. The van der Waals surface area contributed by atoms with Gasteiger partial charge in [-0.15, -0.1) is 0 Å². The van der Waals surface area contributed by atoms with Gasteiger partial charge in [0, 0.05) is 74.4 Å². The van der Waals surface area contributed by atoms with Crippen LogP contribution in [-0.2, 0) is 49.6 Å². The van der Waals surface area contributed by atoms with Gasteiger partial charge in [-0.2, -0.15) is 5.10 Å². The number of benzene rings is 2. The number of nitrogens with one attached hydrogen (secondary N) is 5. The number of carboxylic acid groups (broad SMARTS) is 1. The van der Waals surface area contributed by atoms with Crippen LogP contribution in [0.25, 0.3) is 5.69 Å². The van der Waals surface area contributed by atoms with Gasteiger partial charge in [0.15, 0.2) is 0 Å². The van der Waals surface area contributed by atoms with Crippen LogP contribution in [-0.4, -0.2) is 139 Å². The zero-order valence-corrected chi connectivity index (χ0v) is 46.5. The molecule has 1 fully saturated rings. The summed E-state index contributed by atoms with van der Waals surface area (Å²) in [6, 6.07) is 6.73. The van der Waals surface area contributed by atoms with E-state index in [1.807, 2.05) is 51.1 Å². The van der Waals surface area contributed by atoms with E-state index in [9.17, 15) is 57.8 Å². The van der Waals surface area contributed by atoms with E-state index in [1.54, 1.807) is 20.0 Å². The van der Waals surface area contributed by atoms with Gasteiger partial charge >= 0.3 is 5.97 Å². The number of carbonyl (C=O) groups is 9. The maximum Gasteiger partial charge on any atom is 0.326 e. The number of carbonyl (C=O) groups excluding carboxylic acids is 8. The number of aromatic nitrogens is 2. The molecule has 1 aliphatic heterocycles. The Morgan fingerprint density at radius 3 is 2.20 bits per heavy atom. The minimum absolute atomic E-state index is 0.0187. The number of hydrogen-bond donors (Lipinski definition) is 8. The van der Waals surface area contributed by atoms with Gasteiger partial charge in [0.2, 0.25) is 35.4 Å². The summed E-state index contributed by atoms with van der Waals surface area (Å²) in [4.78, 5) is 117. The van der Waals surface area contributed by atoms with Gasteiger partial charge in [-0.1, -0.05) is 71.4 Å². The fraction of sp³-hybridized carbons (Fsp3) is 0.544. The molecule has 1 aromatic heterocycles. The molecule has 0 radical (unpaired) electrons. The molecular formula is C57H78F2N10O11. The monoisotopic (exact) mass is 1120 g/mol. The zero-order chi connectivity index (χ0) is 58.8. The second-order valence-corrected chi connectivity index (χ2v) is 22.0. The molecule has 9 N–H and O–H groups in total. The number of rotatable bonds is 30. The van der Waals surface area contributed by atoms with Crippen molar-refractivity contribution in [3.05, 3.63) is 95.3 Å². The molecule has 5 rings (SSSR count). The maximum absolute atomic E-state index is 15.1. The molecule has 80 heavy (non-hydrogen) atoms. The SMILES string of the molecule is CC(C)C(NC(=O)CCCCCN1C(=O)C=CC1=O)C(=O)N[C@@H](C)C(=O)N[C@@H](CCCCNC(=O)[C@@H]1CC[C@H](NC(=O)[C@@H](N)CCN(C(=O)CO)[C@@H](c2nn(-c3cc(F)ccc3F)cc2Cc2ccccc2)C(C)(C)C)C1)C(=O)O. The van der Waals surface area contributed by atoms with E-state index in [4.69, 9.17) is 10.8 Å². The molecule has 0 bridgehead atoms. The molecule has 1 saturated carbocycles. The van der Waals surface area contributed by atoms with E-state index in [0.29, 0.717) is 69.0 Å². The Morgan fingerprint density at radius 1 is 0.850 bits per heavy atom. The van der Waals surface area contributed by atoms with Crippen LogP contribution >= 0.6 is 0 Å². The van der Waals surface area contributed by atoms with Gasteiger partial charge in [-0.3, -0.25) is 43.3 Å². The zero-order valence-electron chi connectivity index (χ0n) is 46.5. The van der Waals surface area contributed by atoms with Gasteiger partial charge < -0.3 is 47.4 Å². The molecule has 2 aliphatic rings. The Hall–Kier alpha value is -7.40. The number of aliphatic hydroxyl groups excluding tert-OH is 1. The van der Waals surface area contributed by atoms with Crippen molar-refractivity contribution in [3.8, 4) is 5.69 Å². The summed E-state index contributed by atoms with van der Waals surface area (Å²) in [5.74, 6) is -7.34. The van der Waals surface area contributed by atoms with Crippen LogP contribution in [0.1, 0.15) is 135 Å². The van der Waals surface area contributed by atoms with Crippen LogP contribution < -0.4 is 32.3 Å². The molecule has 7 atom stereocenters. The van der Waals surface area contributed by atoms with E-state index in [0.717, 1.165) is 28.7 Å². The topological polar surface area (TPSA) is 305 Å². The Kier molecular flexibility index (Phi) is 23.6. The lowest BCUT2D eigenvalue weighted by Gasteiger charge is -2.40. The summed E-state index contributed by atoms with van der Waals surface area (Å²) in [5, 5.41) is 38.4. The van der Waals surface area contributed by atoms with Crippen molar-refractivity contribution in [1.82, 2.24) is 46.2 Å². The van der Waals surface area contributed by atoms with Crippen LogP contribution in [0, 0.1) is 28.9 Å². The number of hydrogen-bond acceptors (Lipinski definition) is 12. The van der Waals surface area contributed by atoms with Gasteiger partial charge in [0.05, 0.1) is 17.8 Å². The first-order chi connectivity index (χ1) is 37.9. The second kappa shape index (κ2) is 29.7. The average Bonchev–Trinajstić information content (AvgIpc) is 4.14. The van der Waals surface area contributed by atoms with E-state index in [1.165, 1.54) is 28.7 Å². The van der Waals surface area contributed by atoms with Crippen molar-refractivity contribution in [2.75, 3.05) is 26.2 Å². The molecule has 1 aliphatic carbocycles. The van der Waals surface area contributed by atoms with E-state index >= 15 is 4.39 Å². The summed E-state index contributed by atoms with van der Waals surface area (Å²) >= 11 is 0. The van der Waals surface area contributed by atoms with Crippen LogP contribution in [0.2, 0.25) is 0 Å². The van der Waals surface area contributed by atoms with Crippen LogP contribution in [0.15, 0.2) is 66.9 Å². The van der Waals surface area contributed by atoms with E-state index in [-0.39, 0.29) is 74.3 Å². The summed E-state index contributed by atoms with van der Waals surface area (Å²) in [6.07, 6.45) is 8.00. The number of nitrogens with zero attached hydrogens (tertiary/aromatic N) is 4. The normalized spacial score (nSPS) is 17.1. The molecule has 0 saturated heterocycles. The minimum Gasteiger partial charge on any atom is -0.480 e. The Labute approximate surface area is 465 Å². The molecule has 21 nitrogen and oxygen atoms in total. The third-order valence-corrected chi connectivity index (χ3v) is 14.3. The average molecular weight is 1120 g/mol. The van der Waals surface area contributed by atoms with Crippen molar-refractivity contribution >= 4 is 53.2 Å². The summed E-state index contributed by atoms with van der Waals surface area (Å²) in [7, 11) is 0. The first-order valence-corrected chi connectivity index (χ1v) is 27.4. The fourth-order valence-electron chi connectivity index (χ4n) is 9.89. The van der Waals surface area contributed by atoms with Crippen LogP contribution in [0.3, 0.4) is 0 Å². The van der Waals surface area contributed by atoms with E-state index in [2.05, 4.69) is 26.6 Å². The van der Waals surface area contributed by atoms with Gasteiger partial charge in [0.1, 0.15) is 42.1 Å². The minimum atomic E-state index is -1.29. The maximum atomic E-state index is 15.1. The highest BCUT2D eigenvalue weighted by Crippen LogP contribution is 2.40. The third-order valence-electron chi connectivity index (χ3n) is 14.3. The second-order valence-electron chi connectivity index (χ2n) is 22.0. The van der Waals surface area contributed by atoms with Gasteiger partial charge in [0.25, 0.3) is 11.8 Å². The van der Waals surface area contributed by atoms with Gasteiger partial charge in [-0.25, -0.2) is 18.3 Å². The highest BCUT2D eigenvalue weighted by molar-refractivity contribution is 6.12. The Bertz CT molecular complexity index is 2690. The summed E-state index contributed by atoms with van der Waals surface area (Å²) < 4.78 is 30.8. The first-order valence-electron chi connectivity index (χ1n) is 27.4. The molecule has 1 unspecified atom stereocenters. The van der Waals surface area contributed by atoms with Crippen LogP contribution in [0.5, 0.6) is 0 Å². The highest BCUT2D eigenvalue weighted by atomic mass is 19.1. The predicted molar refractivity (Wildman–Crippen MR) is 291 cm³/mol. The lowest BCUT2D eigenvalue weighted by atomic mass is 9.81. The van der Waals surface area contributed by atoms with Crippen molar-refractivity contribution in [2.45, 2.75) is 155 Å². The number of nitrogens with two attached hydrogens (primary N) is 1. The molecule has 436 valence electrons. The Balaban J connectivity index is 1.05. The standard InChI is InChI=1S/C57H78F2N10O11/c1-34(2)49(65-45(71)18-11-8-14-27-67-46(72)23-24-47(67)73)55(78)62-35(3)52(75)64-43(56(79)80)17-12-13-26-61-53(76)37-19-21-40(30-37)63-54(77)42(60)25-28-68(48(74)33-70)51(57(4,5)6)50-38(29-36-15-9-7-10-16-36)32-69(66-50)44-31-39(58)20-22-41(44)59/h7,9-10,15-16,20,22-24,31-32,34-35,37,40,42-43,49,51,70H,8,11-14,17-19,21,25-30,33,60H2,1-6H3,(H,61,76)(H,62,78)(H,63,77)(H,64,75)(H,65,71)(H,79,80)/t35-,37+,40-,42-,43-,49?,51-/m0/s1. The van der Waals surface area contributed by atoms with Crippen molar-refractivity contribution in [3.63, 3.8) is 0 Å². The van der Waals surface area contributed by atoms with Gasteiger partial charge in [-0.05, 0) is 93.7 Å². The summed E-state index contributed by atoms with van der Waals surface area (Å²) in [5.41, 5.74) is 7.48. The molecule has 2 aromatic carbocycles. The molecule has 0 spiro atoms. The number of halogens is 2. The lowest BCUT2D eigenvalue weighted by Crippen LogP contribution is -2.56. The molecule has 2 heterocycles. The number of aliphatic carboxylic acids is 1. The Morgan fingerprint density at radius 2 is 1.55 bits per heavy atom. The van der Waals surface area contributed by atoms with Crippen molar-refractivity contribution < 1.29 is 62.1 Å². The predicted octanol–water partition coefficient (Wildman–Crippen LogP) is 3.64. The quantitative estimate of drug-likeness (QED) is 0.0350. The number of aliphatic hydroxyl groups is 1. The number of amides is 8. The molecule has 23 heteroatoms. The largest absolute Gasteiger partial charge is 0.480 e. The first kappa shape index (κ1) is 63.4. The number of carboxylic acids is 1. The third kappa shape index (κ3) is 18.3. The lowest BCUT2D eigenvalue weighted by molar-refractivity contribution is -0.142. The molecular weight excluding hydrogens is 1040 g/mol. The summed E-state index contributed by atoms with van der Waals surface area (Å²) in [6.45, 7) is 10.0. The molecule has 8 amide bonds.